The van der Waals surface area contributed by atoms with Crippen LogP contribution >= 0.6 is 12.2 Å². The first-order valence-electron chi connectivity index (χ1n) is 4.66. The van der Waals surface area contributed by atoms with E-state index in [9.17, 15) is 0 Å². The summed E-state index contributed by atoms with van der Waals surface area (Å²) >= 11 is 4.84. The fraction of sp³-hybridized carbons (Fsp3) is 0.400. The van der Waals surface area contributed by atoms with Crippen molar-refractivity contribution in [3.8, 4) is 0 Å². The van der Waals surface area contributed by atoms with Gasteiger partial charge < -0.3 is 15.8 Å². The summed E-state index contributed by atoms with van der Waals surface area (Å²) in [5.41, 5.74) is 7.05. The third-order valence-corrected chi connectivity index (χ3v) is 2.22. The summed E-state index contributed by atoms with van der Waals surface area (Å²) in [6, 6.07) is 3.69. The first kappa shape index (κ1) is 11.9. The fourth-order valence-corrected chi connectivity index (χ4v) is 1.13. The summed E-state index contributed by atoms with van der Waals surface area (Å²) in [5.74, 6) is 0. The number of aromatic nitrogens is 1. The number of rotatable bonds is 5. The highest BCUT2D eigenvalue weighted by Gasteiger charge is 2.01. The maximum Gasteiger partial charge on any atom is 0.122 e. The monoisotopic (exact) mass is 225 g/mol. The number of nitrogens with one attached hydrogen (secondary N) is 1. The number of pyridine rings is 1. The third kappa shape index (κ3) is 3.81. The molecule has 0 radical (unpaired) electrons. The van der Waals surface area contributed by atoms with Crippen LogP contribution in [0.3, 0.4) is 0 Å². The van der Waals surface area contributed by atoms with E-state index < -0.39 is 0 Å². The lowest BCUT2D eigenvalue weighted by Crippen LogP contribution is -2.18. The molecule has 1 heterocycles. The third-order valence-electron chi connectivity index (χ3n) is 2.01. The van der Waals surface area contributed by atoms with E-state index >= 15 is 0 Å². The van der Waals surface area contributed by atoms with Crippen molar-refractivity contribution in [1.82, 2.24) is 4.98 Å². The fourth-order valence-electron chi connectivity index (χ4n) is 1.02. The van der Waals surface area contributed by atoms with Crippen molar-refractivity contribution in [1.29, 1.82) is 0 Å². The van der Waals surface area contributed by atoms with Crippen molar-refractivity contribution < 1.29 is 4.74 Å². The highest BCUT2D eigenvalue weighted by atomic mass is 32.1. The minimum Gasteiger partial charge on any atom is -0.388 e. The van der Waals surface area contributed by atoms with Crippen molar-refractivity contribution in [2.24, 2.45) is 5.73 Å². The quantitative estimate of drug-likeness (QED) is 0.736. The molecule has 82 valence electrons. The molecule has 1 aromatic heterocycles. The van der Waals surface area contributed by atoms with Gasteiger partial charge in [0.05, 0.1) is 11.8 Å². The zero-order chi connectivity index (χ0) is 11.3. The number of nitrogens with two attached hydrogens (primary N) is 1. The van der Waals surface area contributed by atoms with Gasteiger partial charge >= 0.3 is 0 Å². The Labute approximate surface area is 94.8 Å². The normalized spacial score (nSPS) is 12.1. The van der Waals surface area contributed by atoms with E-state index in [4.69, 9.17) is 22.7 Å². The van der Waals surface area contributed by atoms with E-state index in [1.54, 1.807) is 13.3 Å². The van der Waals surface area contributed by atoms with Crippen molar-refractivity contribution in [3.63, 3.8) is 0 Å². The second-order valence-electron chi connectivity index (χ2n) is 3.22. The first-order chi connectivity index (χ1) is 7.13. The van der Waals surface area contributed by atoms with Gasteiger partial charge in [-0.3, -0.25) is 4.98 Å². The van der Waals surface area contributed by atoms with Crippen LogP contribution in [0, 0.1) is 0 Å². The minimum atomic E-state index is 0.159. The molecular weight excluding hydrogens is 210 g/mol. The molecule has 0 aliphatic heterocycles. The average molecular weight is 225 g/mol. The smallest absolute Gasteiger partial charge is 0.122 e. The van der Waals surface area contributed by atoms with Crippen molar-refractivity contribution in [2.45, 2.75) is 13.0 Å². The number of anilines is 1. The maximum atomic E-state index is 5.48. The van der Waals surface area contributed by atoms with E-state index in [0.717, 1.165) is 12.2 Å². The topological polar surface area (TPSA) is 60.2 Å². The second kappa shape index (κ2) is 5.63. The van der Waals surface area contributed by atoms with Crippen LogP contribution in [0.25, 0.3) is 0 Å². The largest absolute Gasteiger partial charge is 0.388 e. The summed E-state index contributed by atoms with van der Waals surface area (Å²) in [7, 11) is 1.68. The highest BCUT2D eigenvalue weighted by Crippen LogP contribution is 2.08. The number of thiocarbonyl (C=S) groups is 1. The van der Waals surface area contributed by atoms with E-state index in [1.807, 2.05) is 19.1 Å². The molecule has 1 aromatic rings. The predicted molar refractivity (Wildman–Crippen MR) is 65.1 cm³/mol. The predicted octanol–water partition coefficient (Wildman–Crippen LogP) is 1.16. The maximum absolute atomic E-state index is 5.48. The van der Waals surface area contributed by atoms with Gasteiger partial charge in [0.25, 0.3) is 0 Å². The Hall–Kier alpha value is -1.20. The number of hydrogen-bond donors (Lipinski definition) is 2. The summed E-state index contributed by atoms with van der Waals surface area (Å²) in [6.45, 7) is 2.72. The summed E-state index contributed by atoms with van der Waals surface area (Å²) in [5, 5.41) is 3.21. The highest BCUT2D eigenvalue weighted by molar-refractivity contribution is 7.80. The van der Waals surface area contributed by atoms with Gasteiger partial charge in [0.15, 0.2) is 0 Å². The lowest BCUT2D eigenvalue weighted by atomic mass is 10.3. The molecule has 4 nitrogen and oxygen atoms in total. The van der Waals surface area contributed by atoms with Crippen LogP contribution in [-0.2, 0) is 4.74 Å². The van der Waals surface area contributed by atoms with Gasteiger partial charge in [0, 0.05) is 25.5 Å². The van der Waals surface area contributed by atoms with Gasteiger partial charge in [-0.2, -0.15) is 0 Å². The van der Waals surface area contributed by atoms with Gasteiger partial charge in [-0.25, -0.2) is 0 Å². The summed E-state index contributed by atoms with van der Waals surface area (Å²) in [4.78, 5) is 4.35. The number of hydrogen-bond acceptors (Lipinski definition) is 4. The molecule has 5 heteroatoms. The summed E-state index contributed by atoms with van der Waals surface area (Å²) < 4.78 is 5.12. The molecule has 0 aliphatic carbocycles. The first-order valence-corrected chi connectivity index (χ1v) is 5.07. The van der Waals surface area contributed by atoms with Crippen LogP contribution in [0.15, 0.2) is 18.3 Å². The Morgan fingerprint density at radius 3 is 3.07 bits per heavy atom. The molecule has 1 atom stereocenters. The lowest BCUT2D eigenvalue weighted by Gasteiger charge is -2.12. The zero-order valence-electron chi connectivity index (χ0n) is 8.86. The molecule has 0 spiro atoms. The molecule has 0 saturated heterocycles. The SMILES string of the molecule is COC(C)CNc1ccnc(C(N)=S)c1. The minimum absolute atomic E-state index is 0.159. The van der Waals surface area contributed by atoms with E-state index in [-0.39, 0.29) is 6.10 Å². The van der Waals surface area contributed by atoms with Crippen molar-refractivity contribution in [2.75, 3.05) is 19.0 Å². The lowest BCUT2D eigenvalue weighted by molar-refractivity contribution is 0.129. The Morgan fingerprint density at radius 1 is 1.73 bits per heavy atom. The van der Waals surface area contributed by atoms with Gasteiger partial charge in [-0.05, 0) is 19.1 Å². The van der Waals surface area contributed by atoms with Gasteiger partial charge in [0.1, 0.15) is 4.99 Å². The molecule has 0 bridgehead atoms. The second-order valence-corrected chi connectivity index (χ2v) is 3.66. The number of methoxy groups -OCH3 is 1. The van der Waals surface area contributed by atoms with Crippen LogP contribution in [0.5, 0.6) is 0 Å². The van der Waals surface area contributed by atoms with Crippen molar-refractivity contribution >= 4 is 22.9 Å². The molecular formula is C10H15N3OS. The van der Waals surface area contributed by atoms with Crippen LogP contribution in [0.1, 0.15) is 12.6 Å². The van der Waals surface area contributed by atoms with E-state index in [0.29, 0.717) is 10.7 Å². The van der Waals surface area contributed by atoms with Crippen LogP contribution in [0.4, 0.5) is 5.69 Å². The Bertz CT molecular complexity index is 343. The van der Waals surface area contributed by atoms with Crippen LogP contribution in [0.2, 0.25) is 0 Å². The molecule has 0 aromatic carbocycles. The van der Waals surface area contributed by atoms with Gasteiger partial charge in [-0.1, -0.05) is 12.2 Å². The molecule has 0 amide bonds. The molecule has 3 N–H and O–H groups in total. The Morgan fingerprint density at radius 2 is 2.47 bits per heavy atom. The molecule has 1 unspecified atom stereocenters. The number of ether oxygens (including phenoxy) is 1. The standard InChI is InChI=1S/C10H15N3OS/c1-7(14-2)6-13-8-3-4-12-9(5-8)10(11)15/h3-5,7H,6H2,1-2H3,(H2,11,15)(H,12,13). The molecule has 0 aliphatic rings. The van der Waals surface area contributed by atoms with Crippen LogP contribution < -0.4 is 11.1 Å². The molecule has 0 fully saturated rings. The zero-order valence-corrected chi connectivity index (χ0v) is 9.67. The molecule has 15 heavy (non-hydrogen) atoms. The van der Waals surface area contributed by atoms with Gasteiger partial charge in [0.2, 0.25) is 0 Å². The Balaban J connectivity index is 2.62. The van der Waals surface area contributed by atoms with Crippen LogP contribution in [-0.4, -0.2) is 29.7 Å². The van der Waals surface area contributed by atoms with E-state index in [1.165, 1.54) is 0 Å². The van der Waals surface area contributed by atoms with Crippen molar-refractivity contribution in [3.05, 3.63) is 24.0 Å². The number of nitrogens with zero attached hydrogens (tertiary/aromatic N) is 1. The Kier molecular flexibility index (Phi) is 4.45. The van der Waals surface area contributed by atoms with Gasteiger partial charge in [-0.15, -0.1) is 0 Å². The average Bonchev–Trinajstić information content (AvgIpc) is 2.26. The summed E-state index contributed by atoms with van der Waals surface area (Å²) in [6.07, 6.45) is 1.83. The van der Waals surface area contributed by atoms with E-state index in [2.05, 4.69) is 10.3 Å². The molecule has 1 rings (SSSR count). The molecule has 0 saturated carbocycles.